The van der Waals surface area contributed by atoms with Crippen molar-refractivity contribution in [1.82, 2.24) is 9.80 Å². The number of nitrogens with zero attached hydrogens (tertiary/aromatic N) is 2. The predicted molar refractivity (Wildman–Crippen MR) is 102 cm³/mol. The van der Waals surface area contributed by atoms with Crippen LogP contribution in [0.2, 0.25) is 0 Å². The summed E-state index contributed by atoms with van der Waals surface area (Å²) in [6.45, 7) is 10.6. The van der Waals surface area contributed by atoms with Gasteiger partial charge in [0.2, 0.25) is 5.91 Å². The van der Waals surface area contributed by atoms with E-state index >= 15 is 0 Å². The largest absolute Gasteiger partial charge is 0.379 e. The third kappa shape index (κ3) is 4.93. The Morgan fingerprint density at radius 1 is 1.12 bits per heavy atom. The van der Waals surface area contributed by atoms with Gasteiger partial charge in [-0.05, 0) is 42.9 Å². The van der Waals surface area contributed by atoms with E-state index in [1.54, 1.807) is 0 Å². The number of piperidine rings is 1. The molecule has 0 N–H and O–H groups in total. The van der Waals surface area contributed by atoms with Crippen LogP contribution in [0.1, 0.15) is 29.5 Å². The molecule has 136 valence electrons. The first-order valence-corrected chi connectivity index (χ1v) is 9.46. The molecular weight excluding hydrogens is 312 g/mol. The lowest BCUT2D eigenvalue weighted by atomic mass is 9.93. The molecule has 2 saturated heterocycles. The van der Waals surface area contributed by atoms with Crippen molar-refractivity contribution in [3.05, 3.63) is 41.0 Å². The van der Waals surface area contributed by atoms with Gasteiger partial charge in [0.15, 0.2) is 0 Å². The second-order valence-corrected chi connectivity index (χ2v) is 7.25. The molecule has 4 nitrogen and oxygen atoms in total. The zero-order chi connectivity index (χ0) is 17.6. The minimum Gasteiger partial charge on any atom is -0.379 e. The maximum absolute atomic E-state index is 12.5. The Labute approximate surface area is 151 Å². The van der Waals surface area contributed by atoms with Crippen LogP contribution < -0.4 is 0 Å². The first-order chi connectivity index (χ1) is 12.1. The predicted octanol–water partition coefficient (Wildman–Crippen LogP) is 2.89. The van der Waals surface area contributed by atoms with Gasteiger partial charge in [-0.1, -0.05) is 30.4 Å². The third-order valence-corrected chi connectivity index (χ3v) is 5.43. The molecule has 3 rings (SSSR count). The molecule has 0 radical (unpaired) electrons. The monoisotopic (exact) mass is 342 g/mol. The van der Waals surface area contributed by atoms with Crippen molar-refractivity contribution in [3.63, 3.8) is 0 Å². The van der Waals surface area contributed by atoms with Gasteiger partial charge < -0.3 is 9.64 Å². The summed E-state index contributed by atoms with van der Waals surface area (Å²) < 4.78 is 5.38. The van der Waals surface area contributed by atoms with E-state index in [0.29, 0.717) is 18.2 Å². The molecule has 4 heteroatoms. The van der Waals surface area contributed by atoms with E-state index < -0.39 is 0 Å². The van der Waals surface area contributed by atoms with Crippen molar-refractivity contribution >= 4 is 12.0 Å². The second-order valence-electron chi connectivity index (χ2n) is 7.25. The van der Waals surface area contributed by atoms with E-state index in [4.69, 9.17) is 4.74 Å². The van der Waals surface area contributed by atoms with Crippen LogP contribution >= 0.6 is 0 Å². The highest BCUT2D eigenvalue weighted by Gasteiger charge is 2.24. The summed E-state index contributed by atoms with van der Waals surface area (Å²) in [5.41, 5.74) is 3.89. The topological polar surface area (TPSA) is 32.8 Å². The van der Waals surface area contributed by atoms with Gasteiger partial charge in [0.05, 0.1) is 13.2 Å². The average molecular weight is 342 g/mol. The number of carbonyl (C=O) groups is 1. The summed E-state index contributed by atoms with van der Waals surface area (Å²) in [5, 5.41) is 0. The first-order valence-electron chi connectivity index (χ1n) is 9.46. The zero-order valence-electron chi connectivity index (χ0n) is 15.5. The number of aryl methyl sites for hydroxylation is 2. The van der Waals surface area contributed by atoms with Crippen molar-refractivity contribution in [2.45, 2.75) is 26.7 Å². The van der Waals surface area contributed by atoms with Gasteiger partial charge in [-0.25, -0.2) is 0 Å². The fourth-order valence-electron chi connectivity index (χ4n) is 3.71. The molecule has 2 fully saturated rings. The van der Waals surface area contributed by atoms with Gasteiger partial charge in [-0.3, -0.25) is 9.69 Å². The normalized spacial score (nSPS) is 22.7. The fraction of sp³-hybridized carbons (Fsp3) is 0.571. The summed E-state index contributed by atoms with van der Waals surface area (Å²) in [7, 11) is 0. The van der Waals surface area contributed by atoms with E-state index in [-0.39, 0.29) is 0 Å². The number of hydrogen-bond acceptors (Lipinski definition) is 3. The Morgan fingerprint density at radius 3 is 2.52 bits per heavy atom. The van der Waals surface area contributed by atoms with Crippen LogP contribution in [-0.4, -0.2) is 61.6 Å². The highest BCUT2D eigenvalue weighted by atomic mass is 16.5. The maximum atomic E-state index is 12.5. The first kappa shape index (κ1) is 18.2. The van der Waals surface area contributed by atoms with E-state index in [1.165, 1.54) is 16.7 Å². The molecule has 1 aromatic rings. The third-order valence-electron chi connectivity index (χ3n) is 5.43. The molecule has 1 unspecified atom stereocenters. The van der Waals surface area contributed by atoms with E-state index in [1.807, 2.05) is 4.90 Å². The summed E-state index contributed by atoms with van der Waals surface area (Å²) >= 11 is 0. The SMILES string of the molecule is Cc1cccc(C)c1/C=C/C1CCN(CCN2CCOCC2)C(=O)C1. The lowest BCUT2D eigenvalue weighted by Gasteiger charge is -2.33. The number of benzene rings is 1. The molecule has 0 aromatic heterocycles. The minimum absolute atomic E-state index is 0.302. The van der Waals surface area contributed by atoms with Gasteiger partial charge >= 0.3 is 0 Å². The highest BCUT2D eigenvalue weighted by Crippen LogP contribution is 2.22. The molecular formula is C21H30N2O2. The van der Waals surface area contributed by atoms with Crippen molar-refractivity contribution in [1.29, 1.82) is 0 Å². The number of allylic oxidation sites excluding steroid dienone is 1. The van der Waals surface area contributed by atoms with Crippen molar-refractivity contribution < 1.29 is 9.53 Å². The van der Waals surface area contributed by atoms with Crippen molar-refractivity contribution in [2.24, 2.45) is 5.92 Å². The van der Waals surface area contributed by atoms with E-state index in [2.05, 4.69) is 49.1 Å². The number of ether oxygens (including phenoxy) is 1. The second kappa shape index (κ2) is 8.63. The van der Waals surface area contributed by atoms with Gasteiger partial charge in [0, 0.05) is 39.1 Å². The summed E-state index contributed by atoms with van der Waals surface area (Å²) in [5.74, 6) is 0.668. The quantitative estimate of drug-likeness (QED) is 0.825. The molecule has 0 bridgehead atoms. The molecule has 2 aliphatic heterocycles. The molecule has 2 aliphatic rings. The van der Waals surface area contributed by atoms with Gasteiger partial charge in [-0.2, -0.15) is 0 Å². The van der Waals surface area contributed by atoms with Crippen LogP contribution in [-0.2, 0) is 9.53 Å². The number of hydrogen-bond donors (Lipinski definition) is 0. The molecule has 2 heterocycles. The minimum atomic E-state index is 0.302. The Balaban J connectivity index is 1.49. The zero-order valence-corrected chi connectivity index (χ0v) is 15.5. The Morgan fingerprint density at radius 2 is 1.84 bits per heavy atom. The molecule has 0 aliphatic carbocycles. The van der Waals surface area contributed by atoms with Crippen molar-refractivity contribution in [3.8, 4) is 0 Å². The van der Waals surface area contributed by atoms with Crippen LogP contribution in [0.25, 0.3) is 6.08 Å². The summed E-state index contributed by atoms with van der Waals surface area (Å²) in [6.07, 6.45) is 6.17. The lowest BCUT2D eigenvalue weighted by molar-refractivity contribution is -0.134. The summed E-state index contributed by atoms with van der Waals surface area (Å²) in [4.78, 5) is 16.9. The number of carbonyl (C=O) groups excluding carboxylic acids is 1. The Kier molecular flexibility index (Phi) is 6.27. The summed E-state index contributed by atoms with van der Waals surface area (Å²) in [6, 6.07) is 6.39. The van der Waals surface area contributed by atoms with E-state index in [0.717, 1.165) is 52.4 Å². The van der Waals surface area contributed by atoms with Crippen molar-refractivity contribution in [2.75, 3.05) is 45.9 Å². The van der Waals surface area contributed by atoms with Crippen LogP contribution in [0.15, 0.2) is 24.3 Å². The highest BCUT2D eigenvalue weighted by molar-refractivity contribution is 5.77. The molecule has 1 aromatic carbocycles. The molecule has 25 heavy (non-hydrogen) atoms. The molecule has 0 saturated carbocycles. The maximum Gasteiger partial charge on any atom is 0.223 e. The average Bonchev–Trinajstić information content (AvgIpc) is 2.61. The Hall–Kier alpha value is -1.65. The number of morpholine rings is 1. The number of likely N-dealkylation sites (tertiary alicyclic amines) is 1. The fourth-order valence-corrected chi connectivity index (χ4v) is 3.71. The van der Waals surface area contributed by atoms with Crippen LogP contribution in [0.3, 0.4) is 0 Å². The smallest absolute Gasteiger partial charge is 0.223 e. The number of amides is 1. The van der Waals surface area contributed by atoms with Gasteiger partial charge in [0.25, 0.3) is 0 Å². The molecule has 0 spiro atoms. The van der Waals surface area contributed by atoms with Crippen LogP contribution in [0.4, 0.5) is 0 Å². The van der Waals surface area contributed by atoms with E-state index in [9.17, 15) is 4.79 Å². The molecule has 1 atom stereocenters. The lowest BCUT2D eigenvalue weighted by Crippen LogP contribution is -2.45. The molecule has 1 amide bonds. The van der Waals surface area contributed by atoms with Gasteiger partial charge in [0.1, 0.15) is 0 Å². The number of rotatable bonds is 5. The standard InChI is InChI=1S/C21H30N2O2/c1-17-4-3-5-18(2)20(17)7-6-19-8-9-23(21(24)16-19)11-10-22-12-14-25-15-13-22/h3-7,19H,8-16H2,1-2H3/b7-6+. The van der Waals surface area contributed by atoms with Gasteiger partial charge in [-0.15, -0.1) is 0 Å². The van der Waals surface area contributed by atoms with Crippen LogP contribution in [0.5, 0.6) is 0 Å². The Bertz CT molecular complexity index is 600. The van der Waals surface area contributed by atoms with Crippen LogP contribution in [0, 0.1) is 19.8 Å².